The zero-order chi connectivity index (χ0) is 23.7. The van der Waals surface area contributed by atoms with Gasteiger partial charge in [-0.3, -0.25) is 19.5 Å². The highest BCUT2D eigenvalue weighted by molar-refractivity contribution is 6.51. The van der Waals surface area contributed by atoms with Gasteiger partial charge < -0.3 is 14.9 Å². The first-order valence-corrected chi connectivity index (χ1v) is 10.6. The molecule has 1 aliphatic rings. The Balaban J connectivity index is 1.90. The molecule has 1 atom stereocenters. The lowest BCUT2D eigenvalue weighted by Gasteiger charge is -2.25. The van der Waals surface area contributed by atoms with Crippen LogP contribution in [0.3, 0.4) is 0 Å². The van der Waals surface area contributed by atoms with Crippen LogP contribution in [-0.2, 0) is 9.59 Å². The van der Waals surface area contributed by atoms with E-state index in [0.29, 0.717) is 16.9 Å². The van der Waals surface area contributed by atoms with Crippen molar-refractivity contribution in [3.05, 3.63) is 89.3 Å². The molecule has 33 heavy (non-hydrogen) atoms. The Morgan fingerprint density at radius 1 is 1.09 bits per heavy atom. The Morgan fingerprint density at radius 3 is 2.48 bits per heavy atom. The van der Waals surface area contributed by atoms with Crippen LogP contribution in [0.2, 0.25) is 0 Å². The fourth-order valence-electron chi connectivity index (χ4n) is 3.94. The van der Waals surface area contributed by atoms with Crippen LogP contribution in [0.1, 0.15) is 36.6 Å². The smallest absolute Gasteiger partial charge is 0.300 e. The van der Waals surface area contributed by atoms with Crippen molar-refractivity contribution < 1.29 is 24.5 Å². The van der Waals surface area contributed by atoms with Gasteiger partial charge in [0.15, 0.2) is 0 Å². The summed E-state index contributed by atoms with van der Waals surface area (Å²) in [6.45, 7) is 5.68. The van der Waals surface area contributed by atoms with Gasteiger partial charge >= 0.3 is 0 Å². The first-order valence-electron chi connectivity index (χ1n) is 10.6. The number of aliphatic hydroxyl groups is 1. The summed E-state index contributed by atoms with van der Waals surface area (Å²) in [4.78, 5) is 31.6. The summed E-state index contributed by atoms with van der Waals surface area (Å²) in [6, 6.07) is 13.8. The molecular weight excluding hydrogens is 420 g/mol. The summed E-state index contributed by atoms with van der Waals surface area (Å²) in [6.07, 6.45) is 3.09. The summed E-state index contributed by atoms with van der Waals surface area (Å²) < 4.78 is 5.76. The average molecular weight is 444 g/mol. The van der Waals surface area contributed by atoms with Crippen LogP contribution in [-0.4, -0.2) is 33.0 Å². The molecule has 1 saturated heterocycles. The lowest BCUT2D eigenvalue weighted by atomic mass is 9.95. The van der Waals surface area contributed by atoms with Gasteiger partial charge in [0.1, 0.15) is 17.3 Å². The highest BCUT2D eigenvalue weighted by Crippen LogP contribution is 2.44. The van der Waals surface area contributed by atoms with E-state index in [1.165, 1.54) is 17.2 Å². The summed E-state index contributed by atoms with van der Waals surface area (Å²) in [7, 11) is 0. The van der Waals surface area contributed by atoms with Crippen molar-refractivity contribution in [1.82, 2.24) is 4.98 Å². The van der Waals surface area contributed by atoms with Crippen LogP contribution < -0.4 is 9.64 Å². The van der Waals surface area contributed by atoms with Crippen molar-refractivity contribution in [2.24, 2.45) is 0 Å². The van der Waals surface area contributed by atoms with Gasteiger partial charge in [-0.1, -0.05) is 18.2 Å². The lowest BCUT2D eigenvalue weighted by Crippen LogP contribution is -2.29. The highest BCUT2D eigenvalue weighted by atomic mass is 16.5. The van der Waals surface area contributed by atoms with Crippen molar-refractivity contribution >= 4 is 23.1 Å². The first-order chi connectivity index (χ1) is 15.8. The van der Waals surface area contributed by atoms with Gasteiger partial charge in [0.25, 0.3) is 11.7 Å². The molecule has 0 radical (unpaired) electrons. The molecule has 0 bridgehead atoms. The monoisotopic (exact) mass is 444 g/mol. The molecule has 4 rings (SSSR count). The topological polar surface area (TPSA) is 100.0 Å². The number of rotatable bonds is 5. The standard InChI is InChI=1S/C26H24N2O5/c1-15(2)33-21-11-10-17(13-16(21)3)24(30)22-23(18-7-6-12-27-14-18)28(26(32)25(22)31)19-8-4-5-9-20(19)29/h4-15,23,29-30H,1-3H3/b24-22-. The van der Waals surface area contributed by atoms with E-state index in [2.05, 4.69) is 4.98 Å². The number of hydrogen-bond acceptors (Lipinski definition) is 6. The van der Waals surface area contributed by atoms with Crippen LogP contribution >= 0.6 is 0 Å². The maximum atomic E-state index is 13.2. The van der Waals surface area contributed by atoms with Gasteiger partial charge in [0, 0.05) is 18.0 Å². The number of hydrogen-bond donors (Lipinski definition) is 2. The number of aromatic hydroxyl groups is 1. The second kappa shape index (κ2) is 8.78. The predicted molar refractivity (Wildman–Crippen MR) is 124 cm³/mol. The normalized spacial score (nSPS) is 17.6. The molecule has 2 aromatic carbocycles. The second-order valence-electron chi connectivity index (χ2n) is 8.09. The molecule has 0 saturated carbocycles. The molecule has 2 heterocycles. The maximum absolute atomic E-state index is 13.2. The third-order valence-electron chi connectivity index (χ3n) is 5.40. The number of aryl methyl sites for hydroxylation is 1. The molecule has 168 valence electrons. The SMILES string of the molecule is Cc1cc(/C(O)=C2/C(=O)C(=O)N(c3ccccc3O)C2c2cccnc2)ccc1OC(C)C. The fraction of sp³-hybridized carbons (Fsp3) is 0.192. The van der Waals surface area contributed by atoms with Gasteiger partial charge in [0.05, 0.1) is 23.4 Å². The Morgan fingerprint density at radius 2 is 1.85 bits per heavy atom. The van der Waals surface area contributed by atoms with Crippen molar-refractivity contribution in [1.29, 1.82) is 0 Å². The van der Waals surface area contributed by atoms with Crippen LogP contribution in [0, 0.1) is 6.92 Å². The molecule has 1 amide bonds. The molecule has 2 N–H and O–H groups in total. The fourth-order valence-corrected chi connectivity index (χ4v) is 3.94. The second-order valence-corrected chi connectivity index (χ2v) is 8.09. The number of Topliss-reactive ketones (excluding diaryl/α,β-unsaturated/α-hetero) is 1. The zero-order valence-electron chi connectivity index (χ0n) is 18.5. The van der Waals surface area contributed by atoms with E-state index in [1.807, 2.05) is 20.8 Å². The minimum absolute atomic E-state index is 0.0161. The summed E-state index contributed by atoms with van der Waals surface area (Å²) in [5.74, 6) is -1.48. The Hall–Kier alpha value is -4.13. The van der Waals surface area contributed by atoms with E-state index < -0.39 is 17.7 Å². The van der Waals surface area contributed by atoms with Crippen LogP contribution in [0.15, 0.2) is 72.6 Å². The Labute approximate surface area is 191 Å². The van der Waals surface area contributed by atoms with Crippen LogP contribution in [0.25, 0.3) is 5.76 Å². The molecule has 1 fully saturated rings. The van der Waals surface area contributed by atoms with E-state index in [4.69, 9.17) is 4.74 Å². The van der Waals surface area contributed by atoms with Gasteiger partial charge in [-0.15, -0.1) is 0 Å². The Bertz CT molecular complexity index is 1250. The number of ether oxygens (including phenoxy) is 1. The van der Waals surface area contributed by atoms with Crippen LogP contribution in [0.5, 0.6) is 11.5 Å². The molecule has 7 nitrogen and oxygen atoms in total. The first kappa shape index (κ1) is 22.1. The molecule has 3 aromatic rings. The molecule has 1 unspecified atom stereocenters. The number of carbonyl (C=O) groups excluding carboxylic acids is 2. The molecule has 0 spiro atoms. The summed E-state index contributed by atoms with van der Waals surface area (Å²) in [5, 5.41) is 21.6. The number of carbonyl (C=O) groups is 2. The third kappa shape index (κ3) is 4.05. The summed E-state index contributed by atoms with van der Waals surface area (Å²) >= 11 is 0. The minimum atomic E-state index is -0.959. The van der Waals surface area contributed by atoms with Gasteiger partial charge in [-0.2, -0.15) is 0 Å². The lowest BCUT2D eigenvalue weighted by molar-refractivity contribution is -0.132. The van der Waals surface area contributed by atoms with Crippen molar-refractivity contribution in [3.63, 3.8) is 0 Å². The molecule has 1 aromatic heterocycles. The number of benzene rings is 2. The number of amides is 1. The number of para-hydroxylation sites is 2. The number of phenols is 1. The Kier molecular flexibility index (Phi) is 5.87. The number of phenolic OH excluding ortho intramolecular Hbond substituents is 1. The van der Waals surface area contributed by atoms with E-state index in [-0.39, 0.29) is 28.9 Å². The quantitative estimate of drug-likeness (QED) is 0.341. The van der Waals surface area contributed by atoms with Gasteiger partial charge in [-0.25, -0.2) is 0 Å². The van der Waals surface area contributed by atoms with Gasteiger partial charge in [-0.05, 0) is 68.3 Å². The molecule has 0 aliphatic carbocycles. The zero-order valence-corrected chi connectivity index (χ0v) is 18.5. The highest BCUT2D eigenvalue weighted by Gasteiger charge is 2.47. The molecule has 1 aliphatic heterocycles. The number of anilines is 1. The largest absolute Gasteiger partial charge is 0.507 e. The number of ketones is 1. The number of pyridine rings is 1. The van der Waals surface area contributed by atoms with Crippen LogP contribution in [0.4, 0.5) is 5.69 Å². The summed E-state index contributed by atoms with van der Waals surface area (Å²) in [5.41, 5.74) is 1.78. The number of aliphatic hydroxyl groups excluding tert-OH is 1. The maximum Gasteiger partial charge on any atom is 0.300 e. The number of aromatic nitrogens is 1. The molecular formula is C26H24N2O5. The van der Waals surface area contributed by atoms with Crippen molar-refractivity contribution in [2.75, 3.05) is 4.90 Å². The average Bonchev–Trinajstić information content (AvgIpc) is 3.06. The van der Waals surface area contributed by atoms with Gasteiger partial charge in [0.2, 0.25) is 0 Å². The number of nitrogens with zero attached hydrogens (tertiary/aromatic N) is 2. The third-order valence-corrected chi connectivity index (χ3v) is 5.40. The predicted octanol–water partition coefficient (Wildman–Crippen LogP) is 4.51. The van der Waals surface area contributed by atoms with E-state index in [0.717, 1.165) is 5.56 Å². The minimum Gasteiger partial charge on any atom is -0.507 e. The molecule has 7 heteroatoms. The van der Waals surface area contributed by atoms with E-state index in [9.17, 15) is 19.8 Å². The van der Waals surface area contributed by atoms with Crippen molar-refractivity contribution in [3.8, 4) is 11.5 Å². The van der Waals surface area contributed by atoms with Crippen molar-refractivity contribution in [2.45, 2.75) is 32.9 Å². The van der Waals surface area contributed by atoms with E-state index in [1.54, 1.807) is 54.7 Å². The van der Waals surface area contributed by atoms with E-state index >= 15 is 0 Å².